The second-order valence-electron chi connectivity index (χ2n) is 6.07. The molecule has 3 heteroatoms. The van der Waals surface area contributed by atoms with Gasteiger partial charge in [-0.1, -0.05) is 84.9 Å². The molecule has 0 saturated heterocycles. The van der Waals surface area contributed by atoms with Crippen LogP contribution in [0.4, 0.5) is 0 Å². The smallest absolute Gasteiger partial charge is 0.338 e. The lowest BCUT2D eigenvalue weighted by molar-refractivity contribution is 0.0380. The number of hydrogen-bond donors (Lipinski definition) is 0. The van der Waals surface area contributed by atoms with Crippen LogP contribution in [0.1, 0.15) is 32.7 Å². The molecule has 1 atom stereocenters. The van der Waals surface area contributed by atoms with Crippen LogP contribution in [-0.2, 0) is 4.74 Å². The summed E-state index contributed by atoms with van der Waals surface area (Å²) >= 11 is 0. The van der Waals surface area contributed by atoms with Crippen LogP contribution in [0, 0.1) is 0 Å². The van der Waals surface area contributed by atoms with Crippen LogP contribution >= 0.6 is 0 Å². The molecule has 0 fully saturated rings. The Balaban J connectivity index is 1.76. The molecule has 0 bridgehead atoms. The minimum atomic E-state index is -0.648. The van der Waals surface area contributed by atoms with Crippen molar-refractivity contribution in [2.75, 3.05) is 0 Å². The number of Topliss-reactive ketones (excluding diaryl/α,β-unsaturated/α-hetero) is 1. The molecule has 0 heterocycles. The molecule has 0 N–H and O–H groups in total. The number of esters is 1. The Kier molecular flexibility index (Phi) is 6.31. The van der Waals surface area contributed by atoms with Crippen molar-refractivity contribution in [3.63, 3.8) is 0 Å². The fourth-order valence-electron chi connectivity index (χ4n) is 2.64. The van der Waals surface area contributed by atoms with Crippen molar-refractivity contribution < 1.29 is 14.3 Å². The van der Waals surface area contributed by atoms with Gasteiger partial charge >= 0.3 is 5.97 Å². The van der Waals surface area contributed by atoms with Crippen LogP contribution in [0.15, 0.2) is 97.1 Å². The molecule has 3 aromatic carbocycles. The summed E-state index contributed by atoms with van der Waals surface area (Å²) in [5, 5.41) is 0. The molecule has 3 rings (SSSR count). The Labute approximate surface area is 158 Å². The van der Waals surface area contributed by atoms with E-state index in [-0.39, 0.29) is 12.2 Å². The van der Waals surface area contributed by atoms with Gasteiger partial charge in [-0.25, -0.2) is 4.79 Å². The topological polar surface area (TPSA) is 43.4 Å². The number of hydrogen-bond acceptors (Lipinski definition) is 3. The van der Waals surface area contributed by atoms with E-state index in [0.29, 0.717) is 11.1 Å². The van der Waals surface area contributed by atoms with Crippen LogP contribution in [0.2, 0.25) is 0 Å². The van der Waals surface area contributed by atoms with Crippen LogP contribution in [0.5, 0.6) is 0 Å². The lowest BCUT2D eigenvalue weighted by Gasteiger charge is -2.14. The number of ether oxygens (including phenoxy) is 1. The van der Waals surface area contributed by atoms with Crippen LogP contribution in [0.25, 0.3) is 6.08 Å². The molecule has 0 saturated carbocycles. The predicted molar refractivity (Wildman–Crippen MR) is 107 cm³/mol. The summed E-state index contributed by atoms with van der Waals surface area (Å²) in [6.45, 7) is 0. The van der Waals surface area contributed by atoms with Gasteiger partial charge in [0, 0.05) is 5.56 Å². The molecular weight excluding hydrogens is 336 g/mol. The Hall–Kier alpha value is -3.46. The van der Waals surface area contributed by atoms with Crippen LogP contribution in [-0.4, -0.2) is 17.9 Å². The van der Waals surface area contributed by atoms with E-state index >= 15 is 0 Å². The lowest BCUT2D eigenvalue weighted by Crippen LogP contribution is -2.20. The minimum absolute atomic E-state index is 0.0702. The van der Waals surface area contributed by atoms with Gasteiger partial charge in [0.15, 0.2) is 5.78 Å². The van der Waals surface area contributed by atoms with E-state index in [1.165, 1.54) is 0 Å². The van der Waals surface area contributed by atoms with Gasteiger partial charge in [-0.15, -0.1) is 0 Å². The SMILES string of the molecule is O=C(C[C@H](/C=C/c1ccccc1)OC(=O)c1ccccc1)c1ccccc1. The number of rotatable bonds is 7. The van der Waals surface area contributed by atoms with Gasteiger partial charge in [0.2, 0.25) is 0 Å². The first-order chi connectivity index (χ1) is 13.2. The second-order valence-corrected chi connectivity index (χ2v) is 6.07. The highest BCUT2D eigenvalue weighted by Gasteiger charge is 2.18. The zero-order chi connectivity index (χ0) is 18.9. The Bertz CT molecular complexity index is 847. The third-order valence-corrected chi connectivity index (χ3v) is 4.05. The average molecular weight is 356 g/mol. The molecule has 0 aliphatic rings. The van der Waals surface area contributed by atoms with Crippen molar-refractivity contribution >= 4 is 17.8 Å². The molecule has 0 amide bonds. The molecule has 27 heavy (non-hydrogen) atoms. The maximum absolute atomic E-state index is 12.6. The maximum Gasteiger partial charge on any atom is 0.338 e. The maximum atomic E-state index is 12.6. The quantitative estimate of drug-likeness (QED) is 0.432. The van der Waals surface area contributed by atoms with E-state index in [9.17, 15) is 9.59 Å². The minimum Gasteiger partial charge on any atom is -0.454 e. The number of carbonyl (C=O) groups is 2. The molecule has 134 valence electrons. The fraction of sp³-hybridized carbons (Fsp3) is 0.0833. The highest BCUT2D eigenvalue weighted by molar-refractivity contribution is 5.97. The Morgan fingerprint density at radius 2 is 1.26 bits per heavy atom. The van der Waals surface area contributed by atoms with Crippen LogP contribution in [0.3, 0.4) is 0 Å². The first kappa shape index (κ1) is 18.3. The third-order valence-electron chi connectivity index (χ3n) is 4.05. The van der Waals surface area contributed by atoms with Gasteiger partial charge in [-0.05, 0) is 23.8 Å². The molecule has 0 spiro atoms. The number of carbonyl (C=O) groups excluding carboxylic acids is 2. The van der Waals surface area contributed by atoms with Gasteiger partial charge in [0.25, 0.3) is 0 Å². The predicted octanol–water partition coefficient (Wildman–Crippen LogP) is 5.20. The van der Waals surface area contributed by atoms with Crippen molar-refractivity contribution in [1.29, 1.82) is 0 Å². The molecule has 3 nitrogen and oxygen atoms in total. The van der Waals surface area contributed by atoms with Crippen LogP contribution < -0.4 is 0 Å². The molecule has 0 aliphatic carbocycles. The van der Waals surface area contributed by atoms with Gasteiger partial charge in [0.1, 0.15) is 6.10 Å². The zero-order valence-corrected chi connectivity index (χ0v) is 14.8. The summed E-state index contributed by atoms with van der Waals surface area (Å²) in [5.41, 5.74) is 2.04. The summed E-state index contributed by atoms with van der Waals surface area (Å²) in [6, 6.07) is 27.5. The lowest BCUT2D eigenvalue weighted by atomic mass is 10.0. The first-order valence-corrected chi connectivity index (χ1v) is 8.80. The van der Waals surface area contributed by atoms with E-state index in [1.807, 2.05) is 60.7 Å². The summed E-state index contributed by atoms with van der Waals surface area (Å²) in [4.78, 5) is 25.0. The van der Waals surface area contributed by atoms with Crippen molar-refractivity contribution in [1.82, 2.24) is 0 Å². The van der Waals surface area contributed by atoms with Gasteiger partial charge in [0.05, 0.1) is 12.0 Å². The van der Waals surface area contributed by atoms with E-state index in [1.54, 1.807) is 42.5 Å². The van der Waals surface area contributed by atoms with E-state index < -0.39 is 12.1 Å². The van der Waals surface area contributed by atoms with Crippen molar-refractivity contribution in [3.8, 4) is 0 Å². The standard InChI is InChI=1S/C24H20O3/c25-23(20-12-6-2-7-13-20)18-22(17-16-19-10-4-1-5-11-19)27-24(26)21-14-8-3-9-15-21/h1-17,22H,18H2/b17-16+/t22-/m0/s1. The zero-order valence-electron chi connectivity index (χ0n) is 14.8. The van der Waals surface area contributed by atoms with Crippen molar-refractivity contribution in [3.05, 3.63) is 114 Å². The molecular formula is C24H20O3. The molecule has 0 radical (unpaired) electrons. The van der Waals surface area contributed by atoms with E-state index in [4.69, 9.17) is 4.74 Å². The summed E-state index contributed by atoms with van der Waals surface area (Å²) in [5.74, 6) is -0.515. The molecule has 3 aromatic rings. The highest BCUT2D eigenvalue weighted by Crippen LogP contribution is 2.14. The van der Waals surface area contributed by atoms with Crippen molar-refractivity contribution in [2.24, 2.45) is 0 Å². The average Bonchev–Trinajstić information content (AvgIpc) is 2.74. The largest absolute Gasteiger partial charge is 0.454 e. The van der Waals surface area contributed by atoms with Gasteiger partial charge < -0.3 is 4.74 Å². The monoisotopic (exact) mass is 356 g/mol. The number of benzene rings is 3. The molecule has 0 aliphatic heterocycles. The van der Waals surface area contributed by atoms with Crippen molar-refractivity contribution in [2.45, 2.75) is 12.5 Å². The van der Waals surface area contributed by atoms with E-state index in [2.05, 4.69) is 0 Å². The normalized spacial score (nSPS) is 11.9. The fourth-order valence-corrected chi connectivity index (χ4v) is 2.64. The second kappa shape index (κ2) is 9.30. The Morgan fingerprint density at radius 3 is 1.85 bits per heavy atom. The molecule has 0 aromatic heterocycles. The summed E-state index contributed by atoms with van der Waals surface area (Å²) in [7, 11) is 0. The Morgan fingerprint density at radius 1 is 0.741 bits per heavy atom. The van der Waals surface area contributed by atoms with E-state index in [0.717, 1.165) is 5.56 Å². The van der Waals surface area contributed by atoms with Gasteiger partial charge in [-0.3, -0.25) is 4.79 Å². The first-order valence-electron chi connectivity index (χ1n) is 8.80. The number of ketones is 1. The molecule has 0 unspecified atom stereocenters. The van der Waals surface area contributed by atoms with Gasteiger partial charge in [-0.2, -0.15) is 0 Å². The summed E-state index contributed by atoms with van der Waals surface area (Å²) in [6.07, 6.45) is 3.06. The summed E-state index contributed by atoms with van der Waals surface area (Å²) < 4.78 is 5.60. The third kappa shape index (κ3) is 5.51. The highest BCUT2D eigenvalue weighted by atomic mass is 16.5.